The van der Waals surface area contributed by atoms with Gasteiger partial charge in [0.25, 0.3) is 0 Å². The second-order valence-electron chi connectivity index (χ2n) is 1.71. The Labute approximate surface area is 49.2 Å². The highest BCUT2D eigenvalue weighted by Gasteiger charge is 1.97. The van der Waals surface area contributed by atoms with Crippen molar-refractivity contribution in [1.29, 1.82) is 0 Å². The third-order valence-corrected chi connectivity index (χ3v) is 1.44. The summed E-state index contributed by atoms with van der Waals surface area (Å²) in [6, 6.07) is 0. The van der Waals surface area contributed by atoms with E-state index in [1.165, 1.54) is 0 Å². The molecular formula is C6H8Cl. The fraction of sp³-hybridized carbons (Fsp3) is 0.500. The minimum absolute atomic E-state index is 1.03. The van der Waals surface area contributed by atoms with Crippen LogP contribution in [-0.2, 0) is 0 Å². The Bertz CT molecular complexity index is 84.2. The predicted molar refractivity (Wildman–Crippen MR) is 32.1 cm³/mol. The van der Waals surface area contributed by atoms with Gasteiger partial charge in [-0.15, -0.1) is 0 Å². The first-order valence-corrected chi connectivity index (χ1v) is 2.93. The van der Waals surface area contributed by atoms with Gasteiger partial charge in [-0.3, -0.25) is 0 Å². The Hall–Kier alpha value is 0.0300. The summed E-state index contributed by atoms with van der Waals surface area (Å²) in [4.78, 5) is 0. The normalized spacial score (nSPS) is 21.6. The highest BCUT2D eigenvalue weighted by molar-refractivity contribution is 6.29. The Morgan fingerprint density at radius 1 is 1.57 bits per heavy atom. The van der Waals surface area contributed by atoms with Crippen molar-refractivity contribution >= 4 is 11.6 Å². The summed E-state index contributed by atoms with van der Waals surface area (Å²) in [5, 5.41) is 1.03. The van der Waals surface area contributed by atoms with Crippen LogP contribution < -0.4 is 0 Å². The van der Waals surface area contributed by atoms with Gasteiger partial charge in [0.05, 0.1) is 0 Å². The van der Waals surface area contributed by atoms with Crippen LogP contribution >= 0.6 is 11.6 Å². The topological polar surface area (TPSA) is 0 Å². The van der Waals surface area contributed by atoms with Crippen molar-refractivity contribution in [3.05, 3.63) is 17.5 Å². The van der Waals surface area contributed by atoms with Crippen LogP contribution in [0.4, 0.5) is 0 Å². The van der Waals surface area contributed by atoms with Crippen molar-refractivity contribution in [3.8, 4) is 0 Å². The van der Waals surface area contributed by atoms with Crippen molar-refractivity contribution in [1.82, 2.24) is 0 Å². The third-order valence-electron chi connectivity index (χ3n) is 1.09. The van der Waals surface area contributed by atoms with E-state index in [-0.39, 0.29) is 0 Å². The van der Waals surface area contributed by atoms with Gasteiger partial charge in [0, 0.05) is 5.03 Å². The van der Waals surface area contributed by atoms with Crippen LogP contribution in [0.1, 0.15) is 19.3 Å². The Morgan fingerprint density at radius 3 is 2.71 bits per heavy atom. The first-order valence-electron chi connectivity index (χ1n) is 2.56. The number of allylic oxidation sites excluding steroid dienone is 2. The zero-order valence-corrected chi connectivity index (χ0v) is 4.91. The fourth-order valence-electron chi connectivity index (χ4n) is 0.671. The molecule has 1 aliphatic carbocycles. The molecule has 0 saturated heterocycles. The fourth-order valence-corrected chi connectivity index (χ4v) is 0.869. The zero-order chi connectivity index (χ0) is 5.11. The molecule has 39 valence electrons. The standard InChI is InChI=1S/C6H8Cl/c7-6-4-2-1-3-5-6/h1,4H,2-3,5H2. The molecule has 0 bridgehead atoms. The minimum atomic E-state index is 1.03. The highest BCUT2D eigenvalue weighted by Crippen LogP contribution is 2.18. The summed E-state index contributed by atoms with van der Waals surface area (Å²) in [5.41, 5.74) is 0. The molecule has 0 fully saturated rings. The summed E-state index contributed by atoms with van der Waals surface area (Å²) in [6.45, 7) is 0. The van der Waals surface area contributed by atoms with Crippen molar-refractivity contribution < 1.29 is 0 Å². The van der Waals surface area contributed by atoms with Crippen molar-refractivity contribution in [2.45, 2.75) is 19.3 Å². The first-order chi connectivity index (χ1) is 3.39. The summed E-state index contributed by atoms with van der Waals surface area (Å²) in [5.74, 6) is 0. The van der Waals surface area contributed by atoms with Gasteiger partial charge in [-0.05, 0) is 25.7 Å². The van der Waals surface area contributed by atoms with Gasteiger partial charge in [0.1, 0.15) is 0 Å². The minimum Gasteiger partial charge on any atom is -0.0895 e. The molecule has 0 aliphatic heterocycles. The van der Waals surface area contributed by atoms with Crippen molar-refractivity contribution in [2.24, 2.45) is 0 Å². The largest absolute Gasteiger partial charge is 0.0895 e. The quantitative estimate of drug-likeness (QED) is 0.455. The molecule has 0 saturated carbocycles. The molecule has 0 aromatic heterocycles. The van der Waals surface area contributed by atoms with Gasteiger partial charge in [-0.25, -0.2) is 0 Å². The van der Waals surface area contributed by atoms with Crippen LogP contribution in [0.3, 0.4) is 0 Å². The third kappa shape index (κ3) is 1.52. The predicted octanol–water partition coefficient (Wildman–Crippen LogP) is 2.50. The molecule has 0 spiro atoms. The van der Waals surface area contributed by atoms with E-state index in [0.717, 1.165) is 24.3 Å². The summed E-state index contributed by atoms with van der Waals surface area (Å²) in [6.07, 6.45) is 7.59. The molecule has 0 atom stereocenters. The number of rotatable bonds is 0. The molecule has 0 heterocycles. The maximum atomic E-state index is 5.66. The Balaban J connectivity index is 2.40. The van der Waals surface area contributed by atoms with Gasteiger partial charge in [-0.2, -0.15) is 0 Å². The lowest BCUT2D eigenvalue weighted by atomic mass is 10.1. The van der Waals surface area contributed by atoms with E-state index in [9.17, 15) is 0 Å². The lowest BCUT2D eigenvalue weighted by molar-refractivity contribution is 0.879. The van der Waals surface area contributed by atoms with Crippen molar-refractivity contribution in [2.75, 3.05) is 0 Å². The van der Waals surface area contributed by atoms with E-state index in [1.807, 2.05) is 0 Å². The molecule has 1 aliphatic rings. The average Bonchev–Trinajstić information content (AvgIpc) is 1.69. The van der Waals surface area contributed by atoms with Crippen molar-refractivity contribution in [3.63, 3.8) is 0 Å². The lowest BCUT2D eigenvalue weighted by Gasteiger charge is -2.03. The molecule has 0 unspecified atom stereocenters. The van der Waals surface area contributed by atoms with E-state index in [4.69, 9.17) is 11.6 Å². The monoisotopic (exact) mass is 115 g/mol. The number of halogens is 1. The van der Waals surface area contributed by atoms with E-state index in [0.29, 0.717) is 0 Å². The van der Waals surface area contributed by atoms with Crippen LogP contribution in [0.2, 0.25) is 0 Å². The van der Waals surface area contributed by atoms with Gasteiger partial charge >= 0.3 is 0 Å². The molecule has 1 heteroatoms. The molecule has 0 aromatic carbocycles. The first kappa shape index (κ1) is 5.17. The highest BCUT2D eigenvalue weighted by atomic mass is 35.5. The Morgan fingerprint density at radius 2 is 2.43 bits per heavy atom. The van der Waals surface area contributed by atoms with Gasteiger partial charge in [0.15, 0.2) is 0 Å². The van der Waals surface area contributed by atoms with Crippen LogP contribution in [0, 0.1) is 6.42 Å². The second kappa shape index (κ2) is 2.37. The Kier molecular flexibility index (Phi) is 1.75. The van der Waals surface area contributed by atoms with Gasteiger partial charge < -0.3 is 0 Å². The van der Waals surface area contributed by atoms with Gasteiger partial charge in [-0.1, -0.05) is 17.7 Å². The van der Waals surface area contributed by atoms with Crippen LogP contribution in [0.15, 0.2) is 11.1 Å². The molecule has 7 heavy (non-hydrogen) atoms. The smallest absolute Gasteiger partial charge is 0.0141 e. The van der Waals surface area contributed by atoms with E-state index < -0.39 is 0 Å². The average molecular weight is 116 g/mol. The van der Waals surface area contributed by atoms with E-state index >= 15 is 0 Å². The molecule has 0 N–H and O–H groups in total. The zero-order valence-electron chi connectivity index (χ0n) is 4.15. The van der Waals surface area contributed by atoms with Crippen LogP contribution in [-0.4, -0.2) is 0 Å². The van der Waals surface area contributed by atoms with Crippen LogP contribution in [0.25, 0.3) is 0 Å². The summed E-state index contributed by atoms with van der Waals surface area (Å²) >= 11 is 5.66. The molecule has 0 amide bonds. The molecule has 1 rings (SSSR count). The lowest BCUT2D eigenvalue weighted by Crippen LogP contribution is -1.84. The number of hydrogen-bond acceptors (Lipinski definition) is 0. The molecule has 1 radical (unpaired) electrons. The molecule has 0 aromatic rings. The molecule has 0 nitrogen and oxygen atoms in total. The van der Waals surface area contributed by atoms with E-state index in [2.05, 4.69) is 12.5 Å². The summed E-state index contributed by atoms with van der Waals surface area (Å²) in [7, 11) is 0. The second-order valence-corrected chi connectivity index (χ2v) is 2.20. The summed E-state index contributed by atoms with van der Waals surface area (Å²) < 4.78 is 0. The number of hydrogen-bond donors (Lipinski definition) is 0. The molecular weight excluding hydrogens is 108 g/mol. The SMILES string of the molecule is ClC1=CC[CH]CC1. The van der Waals surface area contributed by atoms with E-state index in [1.54, 1.807) is 0 Å². The van der Waals surface area contributed by atoms with Crippen LogP contribution in [0.5, 0.6) is 0 Å². The van der Waals surface area contributed by atoms with Gasteiger partial charge in [0.2, 0.25) is 0 Å². The maximum Gasteiger partial charge on any atom is 0.0141 e. The maximum absolute atomic E-state index is 5.66.